The van der Waals surface area contributed by atoms with Gasteiger partial charge in [-0.25, -0.2) is 0 Å². The highest BCUT2D eigenvalue weighted by Gasteiger charge is 2.37. The zero-order valence-electron chi connectivity index (χ0n) is 14.1. The van der Waals surface area contributed by atoms with Crippen molar-refractivity contribution in [3.63, 3.8) is 0 Å². The lowest BCUT2D eigenvalue weighted by molar-refractivity contribution is -0.129. The quantitative estimate of drug-likeness (QED) is 0.790. The first-order valence-corrected chi connectivity index (χ1v) is 8.82. The molecule has 0 unspecified atom stereocenters. The summed E-state index contributed by atoms with van der Waals surface area (Å²) in [4.78, 5) is 0. The Morgan fingerprint density at radius 1 is 1.00 bits per heavy atom. The molecule has 2 fully saturated rings. The molecule has 20 heavy (non-hydrogen) atoms. The standard InChI is InChI=1S/C18H35NO/c1-15(2)19-14-18(10-6-5-7-11-18)20-16-8-12-17(3,4)13-9-16/h15-16,19H,5-14H2,1-4H3. The third kappa shape index (κ3) is 4.73. The van der Waals surface area contributed by atoms with Gasteiger partial charge in [0.1, 0.15) is 0 Å². The van der Waals surface area contributed by atoms with Gasteiger partial charge in [-0.3, -0.25) is 0 Å². The highest BCUT2D eigenvalue weighted by Crippen LogP contribution is 2.40. The third-order valence-corrected chi connectivity index (χ3v) is 5.30. The van der Waals surface area contributed by atoms with Crippen LogP contribution in [-0.2, 0) is 4.74 Å². The first-order valence-electron chi connectivity index (χ1n) is 8.82. The van der Waals surface area contributed by atoms with Crippen molar-refractivity contribution in [3.8, 4) is 0 Å². The fourth-order valence-corrected chi connectivity index (χ4v) is 3.77. The van der Waals surface area contributed by atoms with Crippen molar-refractivity contribution >= 4 is 0 Å². The SMILES string of the molecule is CC(C)NCC1(OC2CCC(C)(C)CC2)CCCCC1. The average Bonchev–Trinajstić information content (AvgIpc) is 2.40. The second-order valence-corrected chi connectivity index (χ2v) is 8.26. The zero-order valence-corrected chi connectivity index (χ0v) is 14.1. The van der Waals surface area contributed by atoms with Gasteiger partial charge in [0.2, 0.25) is 0 Å². The predicted octanol–water partition coefficient (Wildman–Crippen LogP) is 4.67. The van der Waals surface area contributed by atoms with Gasteiger partial charge < -0.3 is 10.1 Å². The molecule has 2 rings (SSSR count). The molecule has 0 heterocycles. The molecule has 0 saturated heterocycles. The molecule has 0 aromatic heterocycles. The Labute approximate surface area is 126 Å². The maximum Gasteiger partial charge on any atom is 0.0810 e. The molecule has 118 valence electrons. The Balaban J connectivity index is 1.90. The summed E-state index contributed by atoms with van der Waals surface area (Å²) in [5, 5.41) is 3.64. The lowest BCUT2D eigenvalue weighted by Crippen LogP contribution is -2.49. The third-order valence-electron chi connectivity index (χ3n) is 5.30. The Kier molecular flexibility index (Phi) is 5.53. The predicted molar refractivity (Wildman–Crippen MR) is 86.1 cm³/mol. The van der Waals surface area contributed by atoms with Crippen LogP contribution >= 0.6 is 0 Å². The van der Waals surface area contributed by atoms with E-state index in [2.05, 4.69) is 33.0 Å². The molecule has 0 aliphatic heterocycles. The molecule has 0 atom stereocenters. The van der Waals surface area contributed by atoms with E-state index in [1.165, 1.54) is 57.8 Å². The number of nitrogens with one attached hydrogen (secondary N) is 1. The summed E-state index contributed by atoms with van der Waals surface area (Å²) in [5.41, 5.74) is 0.671. The van der Waals surface area contributed by atoms with Crippen LogP contribution in [-0.4, -0.2) is 24.3 Å². The fourth-order valence-electron chi connectivity index (χ4n) is 3.77. The van der Waals surface area contributed by atoms with Gasteiger partial charge >= 0.3 is 0 Å². The molecule has 0 spiro atoms. The van der Waals surface area contributed by atoms with E-state index in [4.69, 9.17) is 4.74 Å². The van der Waals surface area contributed by atoms with E-state index in [0.29, 0.717) is 17.6 Å². The van der Waals surface area contributed by atoms with Gasteiger partial charge in [-0.05, 0) is 43.9 Å². The van der Waals surface area contributed by atoms with Gasteiger partial charge in [-0.15, -0.1) is 0 Å². The lowest BCUT2D eigenvalue weighted by atomic mass is 9.76. The Morgan fingerprint density at radius 2 is 1.60 bits per heavy atom. The maximum atomic E-state index is 6.70. The average molecular weight is 281 g/mol. The summed E-state index contributed by atoms with van der Waals surface area (Å²) in [6.07, 6.45) is 12.3. The Hall–Kier alpha value is -0.0800. The lowest BCUT2D eigenvalue weighted by Gasteiger charge is -2.43. The first-order chi connectivity index (χ1) is 9.41. The summed E-state index contributed by atoms with van der Waals surface area (Å²) in [7, 11) is 0. The van der Waals surface area contributed by atoms with Crippen molar-refractivity contribution < 1.29 is 4.74 Å². The fraction of sp³-hybridized carbons (Fsp3) is 1.00. The molecule has 0 bridgehead atoms. The van der Waals surface area contributed by atoms with E-state index in [1.807, 2.05) is 0 Å². The molecular formula is C18H35NO. The van der Waals surface area contributed by atoms with Crippen LogP contribution in [0.5, 0.6) is 0 Å². The summed E-state index contributed by atoms with van der Waals surface area (Å²) in [6, 6.07) is 0.558. The van der Waals surface area contributed by atoms with Crippen LogP contribution in [0.3, 0.4) is 0 Å². The minimum Gasteiger partial charge on any atom is -0.370 e. The Morgan fingerprint density at radius 3 is 2.15 bits per heavy atom. The van der Waals surface area contributed by atoms with Crippen LogP contribution in [0.25, 0.3) is 0 Å². The molecule has 0 aromatic carbocycles. The molecule has 2 heteroatoms. The monoisotopic (exact) mass is 281 g/mol. The van der Waals surface area contributed by atoms with E-state index in [-0.39, 0.29) is 5.60 Å². The van der Waals surface area contributed by atoms with E-state index in [9.17, 15) is 0 Å². The number of rotatable bonds is 5. The van der Waals surface area contributed by atoms with E-state index >= 15 is 0 Å². The smallest absolute Gasteiger partial charge is 0.0810 e. The van der Waals surface area contributed by atoms with Crippen molar-refractivity contribution in [1.29, 1.82) is 0 Å². The number of hydrogen-bond acceptors (Lipinski definition) is 2. The van der Waals surface area contributed by atoms with Crippen molar-refractivity contribution in [3.05, 3.63) is 0 Å². The van der Waals surface area contributed by atoms with Gasteiger partial charge in [0, 0.05) is 12.6 Å². The minimum absolute atomic E-state index is 0.134. The molecule has 0 amide bonds. The molecule has 1 N–H and O–H groups in total. The van der Waals surface area contributed by atoms with Crippen LogP contribution < -0.4 is 5.32 Å². The molecule has 0 radical (unpaired) electrons. The largest absolute Gasteiger partial charge is 0.370 e. The molecule has 2 nitrogen and oxygen atoms in total. The molecule has 2 aliphatic carbocycles. The van der Waals surface area contributed by atoms with Crippen LogP contribution in [0, 0.1) is 5.41 Å². The van der Waals surface area contributed by atoms with E-state index in [1.54, 1.807) is 0 Å². The highest BCUT2D eigenvalue weighted by molar-refractivity contribution is 4.90. The second-order valence-electron chi connectivity index (χ2n) is 8.26. The molecule has 2 aliphatic rings. The van der Waals surface area contributed by atoms with Crippen LogP contribution in [0.2, 0.25) is 0 Å². The summed E-state index contributed by atoms with van der Waals surface area (Å²) in [6.45, 7) is 10.3. The minimum atomic E-state index is 0.134. The molecule has 0 aromatic rings. The van der Waals surface area contributed by atoms with Crippen LogP contribution in [0.1, 0.15) is 85.5 Å². The summed E-state index contributed by atoms with van der Waals surface area (Å²) >= 11 is 0. The van der Waals surface area contributed by atoms with Gasteiger partial charge in [0.25, 0.3) is 0 Å². The summed E-state index contributed by atoms with van der Waals surface area (Å²) in [5.74, 6) is 0. The van der Waals surface area contributed by atoms with Crippen molar-refractivity contribution in [2.75, 3.05) is 6.54 Å². The van der Waals surface area contributed by atoms with E-state index in [0.717, 1.165) is 6.54 Å². The first kappa shape index (κ1) is 16.3. The number of ether oxygens (including phenoxy) is 1. The topological polar surface area (TPSA) is 21.3 Å². The summed E-state index contributed by atoms with van der Waals surface area (Å²) < 4.78 is 6.70. The van der Waals surface area contributed by atoms with Crippen molar-refractivity contribution in [2.24, 2.45) is 5.41 Å². The van der Waals surface area contributed by atoms with Gasteiger partial charge in [-0.1, -0.05) is 47.0 Å². The molecular weight excluding hydrogens is 246 g/mol. The molecule has 2 saturated carbocycles. The normalized spacial score (nSPS) is 26.9. The van der Waals surface area contributed by atoms with Crippen LogP contribution in [0.15, 0.2) is 0 Å². The van der Waals surface area contributed by atoms with Gasteiger partial charge in [0.05, 0.1) is 11.7 Å². The van der Waals surface area contributed by atoms with E-state index < -0.39 is 0 Å². The zero-order chi connectivity index (χ0) is 14.6. The van der Waals surface area contributed by atoms with Gasteiger partial charge in [-0.2, -0.15) is 0 Å². The second kappa shape index (κ2) is 6.79. The number of hydrogen-bond donors (Lipinski definition) is 1. The Bertz CT molecular complexity index is 282. The van der Waals surface area contributed by atoms with Crippen LogP contribution in [0.4, 0.5) is 0 Å². The maximum absolute atomic E-state index is 6.70. The van der Waals surface area contributed by atoms with Gasteiger partial charge in [0.15, 0.2) is 0 Å². The highest BCUT2D eigenvalue weighted by atomic mass is 16.5. The van der Waals surface area contributed by atoms with Crippen molar-refractivity contribution in [1.82, 2.24) is 5.32 Å². The van der Waals surface area contributed by atoms with Crippen molar-refractivity contribution in [2.45, 2.75) is 103 Å².